The highest BCUT2D eigenvalue weighted by molar-refractivity contribution is 6.09. The van der Waals surface area contributed by atoms with E-state index in [-0.39, 0.29) is 5.78 Å². The number of anilines is 1. The van der Waals surface area contributed by atoms with Gasteiger partial charge >= 0.3 is 0 Å². The van der Waals surface area contributed by atoms with Crippen LogP contribution < -0.4 is 14.8 Å². The quantitative estimate of drug-likeness (QED) is 0.870. The van der Waals surface area contributed by atoms with Crippen LogP contribution in [0.1, 0.15) is 15.9 Å². The Labute approximate surface area is 117 Å². The van der Waals surface area contributed by atoms with E-state index in [9.17, 15) is 4.79 Å². The molecule has 4 nitrogen and oxygen atoms in total. The summed E-state index contributed by atoms with van der Waals surface area (Å²) in [6.45, 7) is 1.06. The Morgan fingerprint density at radius 1 is 1.00 bits per heavy atom. The van der Waals surface area contributed by atoms with Crippen molar-refractivity contribution in [1.82, 2.24) is 0 Å². The van der Waals surface area contributed by atoms with Gasteiger partial charge in [0.15, 0.2) is 17.3 Å². The first-order valence-electron chi connectivity index (χ1n) is 6.50. The first-order chi connectivity index (χ1) is 9.78. The van der Waals surface area contributed by atoms with Gasteiger partial charge in [-0.2, -0.15) is 0 Å². The maximum absolute atomic E-state index is 12.5. The largest absolute Gasteiger partial charge is 0.486 e. The van der Waals surface area contributed by atoms with Crippen molar-refractivity contribution in [3.8, 4) is 11.5 Å². The van der Waals surface area contributed by atoms with Gasteiger partial charge in [-0.25, -0.2) is 0 Å². The molecule has 0 saturated carbocycles. The van der Waals surface area contributed by atoms with Gasteiger partial charge < -0.3 is 14.8 Å². The van der Waals surface area contributed by atoms with E-state index in [2.05, 4.69) is 5.32 Å². The minimum Gasteiger partial charge on any atom is -0.486 e. The van der Waals surface area contributed by atoms with Crippen LogP contribution in [0.2, 0.25) is 0 Å². The summed E-state index contributed by atoms with van der Waals surface area (Å²) in [5.74, 6) is 1.29. The average Bonchev–Trinajstić information content (AvgIpc) is 2.53. The summed E-state index contributed by atoms with van der Waals surface area (Å²) < 4.78 is 11.0. The van der Waals surface area contributed by atoms with Gasteiger partial charge in [-0.1, -0.05) is 12.1 Å². The average molecular weight is 269 g/mol. The summed E-state index contributed by atoms with van der Waals surface area (Å²) in [6.07, 6.45) is 0. The number of fused-ring (bicyclic) bond motifs is 1. The van der Waals surface area contributed by atoms with Gasteiger partial charge in [0.25, 0.3) is 0 Å². The predicted molar refractivity (Wildman–Crippen MR) is 76.9 cm³/mol. The van der Waals surface area contributed by atoms with Gasteiger partial charge in [0.2, 0.25) is 0 Å². The molecular formula is C16H15NO3. The molecule has 1 aliphatic rings. The van der Waals surface area contributed by atoms with Crippen LogP contribution in [0.15, 0.2) is 42.5 Å². The van der Waals surface area contributed by atoms with Crippen LogP contribution in [0.3, 0.4) is 0 Å². The summed E-state index contributed by atoms with van der Waals surface area (Å²) in [4.78, 5) is 12.5. The number of nitrogens with one attached hydrogen (secondary N) is 1. The molecule has 2 aromatic rings. The third-order valence-electron chi connectivity index (χ3n) is 3.22. The summed E-state index contributed by atoms with van der Waals surface area (Å²) in [7, 11) is 1.83. The van der Waals surface area contributed by atoms with E-state index < -0.39 is 0 Å². The fourth-order valence-electron chi connectivity index (χ4n) is 2.17. The van der Waals surface area contributed by atoms with Gasteiger partial charge in [0.05, 0.1) is 0 Å². The van der Waals surface area contributed by atoms with Crippen molar-refractivity contribution in [1.29, 1.82) is 0 Å². The van der Waals surface area contributed by atoms with E-state index in [1.165, 1.54) is 0 Å². The van der Waals surface area contributed by atoms with Gasteiger partial charge in [0, 0.05) is 23.9 Å². The predicted octanol–water partition coefficient (Wildman–Crippen LogP) is 2.73. The molecule has 102 valence electrons. The first kappa shape index (κ1) is 12.5. The lowest BCUT2D eigenvalue weighted by atomic mass is 10.0. The van der Waals surface area contributed by atoms with E-state index in [0.717, 1.165) is 5.69 Å². The maximum Gasteiger partial charge on any atom is 0.193 e. The number of ether oxygens (including phenoxy) is 2. The summed E-state index contributed by atoms with van der Waals surface area (Å²) in [5.41, 5.74) is 2.16. The normalized spacial score (nSPS) is 12.8. The third kappa shape index (κ3) is 2.32. The van der Waals surface area contributed by atoms with Crippen molar-refractivity contribution < 1.29 is 14.3 Å². The minimum absolute atomic E-state index is 0.0286. The van der Waals surface area contributed by atoms with Gasteiger partial charge in [-0.15, -0.1) is 0 Å². The lowest BCUT2D eigenvalue weighted by Gasteiger charge is -2.18. The van der Waals surface area contributed by atoms with Gasteiger partial charge in [-0.05, 0) is 30.3 Å². The number of rotatable bonds is 3. The van der Waals surface area contributed by atoms with Crippen molar-refractivity contribution in [2.45, 2.75) is 0 Å². The zero-order chi connectivity index (χ0) is 13.9. The molecule has 0 amide bonds. The monoisotopic (exact) mass is 269 g/mol. The zero-order valence-corrected chi connectivity index (χ0v) is 11.2. The van der Waals surface area contributed by atoms with Crippen molar-refractivity contribution in [3.05, 3.63) is 53.6 Å². The van der Waals surface area contributed by atoms with E-state index in [1.807, 2.05) is 25.2 Å². The first-order valence-corrected chi connectivity index (χ1v) is 6.50. The topological polar surface area (TPSA) is 47.6 Å². The second-order valence-corrected chi connectivity index (χ2v) is 4.52. The summed E-state index contributed by atoms with van der Waals surface area (Å²) in [5, 5.41) is 3.03. The highest BCUT2D eigenvalue weighted by atomic mass is 16.6. The fourth-order valence-corrected chi connectivity index (χ4v) is 2.17. The maximum atomic E-state index is 12.5. The molecule has 0 aromatic heterocycles. The van der Waals surface area contributed by atoms with E-state index in [1.54, 1.807) is 24.3 Å². The standard InChI is InChI=1S/C16H15NO3/c1-17-13-4-2-3-11(9-13)16(18)12-5-6-14-15(10-12)20-8-7-19-14/h2-6,9-10,17H,7-8H2,1H3. The van der Waals surface area contributed by atoms with Crippen LogP contribution >= 0.6 is 0 Å². The number of benzene rings is 2. The van der Waals surface area contributed by atoms with Crippen molar-refractivity contribution in [2.75, 3.05) is 25.6 Å². The number of ketones is 1. The SMILES string of the molecule is CNc1cccc(C(=O)c2ccc3c(c2)OCCO3)c1. The molecule has 4 heteroatoms. The molecular weight excluding hydrogens is 254 g/mol. The molecule has 0 bridgehead atoms. The van der Waals surface area contributed by atoms with E-state index in [4.69, 9.17) is 9.47 Å². The lowest BCUT2D eigenvalue weighted by Crippen LogP contribution is -2.15. The van der Waals surface area contributed by atoms with Gasteiger partial charge in [-0.3, -0.25) is 4.79 Å². The molecule has 0 unspecified atom stereocenters. The zero-order valence-electron chi connectivity index (χ0n) is 11.2. The van der Waals surface area contributed by atoms with Crippen LogP contribution in [-0.2, 0) is 0 Å². The molecule has 0 fully saturated rings. The van der Waals surface area contributed by atoms with Crippen LogP contribution in [0.5, 0.6) is 11.5 Å². The molecule has 0 radical (unpaired) electrons. The van der Waals surface area contributed by atoms with Gasteiger partial charge in [0.1, 0.15) is 13.2 Å². The third-order valence-corrected chi connectivity index (χ3v) is 3.22. The molecule has 1 N–H and O–H groups in total. The smallest absolute Gasteiger partial charge is 0.193 e. The molecule has 0 saturated heterocycles. The van der Waals surface area contributed by atoms with E-state index >= 15 is 0 Å². The second kappa shape index (κ2) is 5.25. The minimum atomic E-state index is -0.0286. The summed E-state index contributed by atoms with van der Waals surface area (Å²) in [6, 6.07) is 12.7. The Bertz CT molecular complexity index is 652. The Hall–Kier alpha value is -2.49. The highest BCUT2D eigenvalue weighted by Crippen LogP contribution is 2.31. The molecule has 3 rings (SSSR count). The Kier molecular flexibility index (Phi) is 3.29. The van der Waals surface area contributed by atoms with Crippen LogP contribution in [0.4, 0.5) is 5.69 Å². The summed E-state index contributed by atoms with van der Waals surface area (Å²) >= 11 is 0. The highest BCUT2D eigenvalue weighted by Gasteiger charge is 2.16. The molecule has 0 aliphatic carbocycles. The van der Waals surface area contributed by atoms with Crippen molar-refractivity contribution in [2.24, 2.45) is 0 Å². The number of hydrogen-bond donors (Lipinski definition) is 1. The van der Waals surface area contributed by atoms with Crippen LogP contribution in [0, 0.1) is 0 Å². The number of hydrogen-bond acceptors (Lipinski definition) is 4. The molecule has 1 aliphatic heterocycles. The number of carbonyl (C=O) groups is 1. The lowest BCUT2D eigenvalue weighted by molar-refractivity contribution is 0.103. The Morgan fingerprint density at radius 2 is 1.75 bits per heavy atom. The van der Waals surface area contributed by atoms with Crippen molar-refractivity contribution >= 4 is 11.5 Å². The second-order valence-electron chi connectivity index (χ2n) is 4.52. The molecule has 0 atom stereocenters. The molecule has 2 aromatic carbocycles. The molecule has 0 spiro atoms. The Balaban J connectivity index is 1.93. The van der Waals surface area contributed by atoms with Crippen LogP contribution in [-0.4, -0.2) is 26.0 Å². The fraction of sp³-hybridized carbons (Fsp3) is 0.188. The molecule has 1 heterocycles. The van der Waals surface area contributed by atoms with Crippen LogP contribution in [0.25, 0.3) is 0 Å². The van der Waals surface area contributed by atoms with E-state index in [0.29, 0.717) is 35.8 Å². The Morgan fingerprint density at radius 3 is 2.55 bits per heavy atom. The molecule has 20 heavy (non-hydrogen) atoms. The van der Waals surface area contributed by atoms with Crippen molar-refractivity contribution in [3.63, 3.8) is 0 Å². The number of carbonyl (C=O) groups excluding carboxylic acids is 1.